The quantitative estimate of drug-likeness (QED) is 0.841. The number of piperidine rings is 1. The summed E-state index contributed by atoms with van der Waals surface area (Å²) in [6, 6.07) is 7.69. The summed E-state index contributed by atoms with van der Waals surface area (Å²) in [5.74, 6) is -0.00152. The van der Waals surface area contributed by atoms with Crippen molar-refractivity contribution in [3.63, 3.8) is 0 Å². The molecule has 1 aromatic carbocycles. The number of carbonyl (C=O) groups excluding carboxylic acids is 1. The highest BCUT2D eigenvalue weighted by atomic mass is 35.5. The van der Waals surface area contributed by atoms with Crippen molar-refractivity contribution >= 4 is 53.7 Å². The molecule has 1 aromatic heterocycles. The van der Waals surface area contributed by atoms with Gasteiger partial charge >= 0.3 is 0 Å². The van der Waals surface area contributed by atoms with Gasteiger partial charge in [0.25, 0.3) is 5.91 Å². The number of rotatable bonds is 2. The Morgan fingerprint density at radius 3 is 2.43 bits per heavy atom. The Morgan fingerprint density at radius 2 is 1.83 bits per heavy atom. The van der Waals surface area contributed by atoms with Gasteiger partial charge in [-0.2, -0.15) is 0 Å². The molecule has 23 heavy (non-hydrogen) atoms. The Labute approximate surface area is 156 Å². The maximum absolute atomic E-state index is 12.4. The molecule has 0 bridgehead atoms. The molecular formula is C15H18Cl3N3OS. The second-order valence-electron chi connectivity index (χ2n) is 5.17. The van der Waals surface area contributed by atoms with E-state index >= 15 is 0 Å². The number of likely N-dealkylation sites (tertiary alicyclic amines) is 1. The number of hydrogen-bond acceptors (Lipinski definition) is 4. The van der Waals surface area contributed by atoms with Crippen LogP contribution in [0, 0.1) is 0 Å². The Kier molecular flexibility index (Phi) is 7.77. The highest BCUT2D eigenvalue weighted by Gasteiger charge is 2.23. The van der Waals surface area contributed by atoms with E-state index in [1.165, 1.54) is 11.3 Å². The number of benzene rings is 1. The van der Waals surface area contributed by atoms with Crippen molar-refractivity contribution < 1.29 is 4.79 Å². The minimum absolute atomic E-state index is 0. The van der Waals surface area contributed by atoms with Gasteiger partial charge in [0.15, 0.2) is 0 Å². The molecule has 8 heteroatoms. The predicted molar refractivity (Wildman–Crippen MR) is 100 cm³/mol. The normalized spacial score (nSPS) is 14.8. The molecule has 0 spiro atoms. The number of nitrogens with two attached hydrogens (primary N) is 1. The minimum Gasteiger partial charge on any atom is -0.337 e. The molecule has 1 fully saturated rings. The minimum atomic E-state index is -0.00152. The van der Waals surface area contributed by atoms with Gasteiger partial charge in [0, 0.05) is 35.1 Å². The maximum Gasteiger partial charge on any atom is 0.273 e. The van der Waals surface area contributed by atoms with E-state index in [4.69, 9.17) is 17.3 Å². The van der Waals surface area contributed by atoms with Crippen molar-refractivity contribution in [3.8, 4) is 10.6 Å². The first-order chi connectivity index (χ1) is 10.1. The van der Waals surface area contributed by atoms with E-state index in [2.05, 4.69) is 4.98 Å². The van der Waals surface area contributed by atoms with Crippen LogP contribution in [0.25, 0.3) is 10.6 Å². The topological polar surface area (TPSA) is 59.2 Å². The Bertz CT molecular complexity index is 640. The van der Waals surface area contributed by atoms with Gasteiger partial charge in [0.2, 0.25) is 0 Å². The van der Waals surface area contributed by atoms with Crippen molar-refractivity contribution in [3.05, 3.63) is 40.4 Å². The van der Waals surface area contributed by atoms with Crippen molar-refractivity contribution in [2.24, 2.45) is 5.73 Å². The largest absolute Gasteiger partial charge is 0.337 e. The lowest BCUT2D eigenvalue weighted by molar-refractivity contribution is 0.0709. The summed E-state index contributed by atoms with van der Waals surface area (Å²) >= 11 is 7.36. The van der Waals surface area contributed by atoms with E-state index < -0.39 is 0 Å². The summed E-state index contributed by atoms with van der Waals surface area (Å²) < 4.78 is 0. The highest BCUT2D eigenvalue weighted by molar-refractivity contribution is 7.13. The molecule has 2 heterocycles. The SMILES string of the molecule is Cl.Cl.NC1CCN(C(=O)c2csc(-c3ccc(Cl)cc3)n2)CC1. The number of carbonyl (C=O) groups is 1. The molecule has 4 nitrogen and oxygen atoms in total. The van der Waals surface area contributed by atoms with Crippen molar-refractivity contribution in [2.45, 2.75) is 18.9 Å². The molecule has 3 rings (SSSR count). The smallest absolute Gasteiger partial charge is 0.273 e. The standard InChI is InChI=1S/C15H16ClN3OS.2ClH/c16-11-3-1-10(2-4-11)14-18-13(9-21-14)15(20)19-7-5-12(17)6-8-19;;/h1-4,9,12H,5-8,17H2;2*1H. The summed E-state index contributed by atoms with van der Waals surface area (Å²) in [5.41, 5.74) is 7.36. The predicted octanol–water partition coefficient (Wildman–Crippen LogP) is 3.87. The van der Waals surface area contributed by atoms with Gasteiger partial charge < -0.3 is 10.6 Å². The molecule has 0 unspecified atom stereocenters. The first-order valence-corrected chi connectivity index (χ1v) is 8.15. The Morgan fingerprint density at radius 1 is 1.22 bits per heavy atom. The molecule has 1 amide bonds. The van der Waals surface area contributed by atoms with Crippen molar-refractivity contribution in [1.29, 1.82) is 0 Å². The first kappa shape index (κ1) is 20.2. The zero-order valence-electron chi connectivity index (χ0n) is 12.3. The van der Waals surface area contributed by atoms with Gasteiger partial charge in [-0.25, -0.2) is 4.98 Å². The fourth-order valence-corrected chi connectivity index (χ4v) is 3.29. The van der Waals surface area contributed by atoms with Gasteiger partial charge in [-0.3, -0.25) is 4.79 Å². The Hall–Kier alpha value is -0.850. The molecular weight excluding hydrogens is 377 g/mol. The number of nitrogens with zero attached hydrogens (tertiary/aromatic N) is 2. The molecule has 126 valence electrons. The van der Waals surface area contributed by atoms with Crippen LogP contribution in [-0.2, 0) is 0 Å². The molecule has 2 aromatic rings. The van der Waals surface area contributed by atoms with Gasteiger partial charge in [-0.15, -0.1) is 36.2 Å². The van der Waals surface area contributed by atoms with Crippen LogP contribution in [0.4, 0.5) is 0 Å². The average molecular weight is 395 g/mol. The highest BCUT2D eigenvalue weighted by Crippen LogP contribution is 2.26. The molecule has 0 aliphatic carbocycles. The van der Waals surface area contributed by atoms with Gasteiger partial charge in [-0.1, -0.05) is 23.7 Å². The first-order valence-electron chi connectivity index (χ1n) is 6.90. The van der Waals surface area contributed by atoms with Crippen LogP contribution < -0.4 is 5.73 Å². The fraction of sp³-hybridized carbons (Fsp3) is 0.333. The van der Waals surface area contributed by atoms with E-state index in [1.807, 2.05) is 34.5 Å². The monoisotopic (exact) mass is 393 g/mol. The third-order valence-electron chi connectivity index (χ3n) is 3.64. The van der Waals surface area contributed by atoms with Crippen LogP contribution in [-0.4, -0.2) is 34.9 Å². The zero-order chi connectivity index (χ0) is 14.8. The van der Waals surface area contributed by atoms with E-state index in [0.717, 1.165) is 23.4 Å². The van der Waals surface area contributed by atoms with Gasteiger partial charge in [0.1, 0.15) is 10.7 Å². The lowest BCUT2D eigenvalue weighted by Crippen LogP contribution is -2.42. The van der Waals surface area contributed by atoms with Crippen molar-refractivity contribution in [1.82, 2.24) is 9.88 Å². The molecule has 1 aliphatic heterocycles. The van der Waals surface area contributed by atoms with Gasteiger partial charge in [-0.05, 0) is 25.0 Å². The number of aromatic nitrogens is 1. The van der Waals surface area contributed by atoms with E-state index in [-0.39, 0.29) is 36.8 Å². The average Bonchev–Trinajstić information content (AvgIpc) is 2.98. The number of hydrogen-bond donors (Lipinski definition) is 1. The zero-order valence-corrected chi connectivity index (χ0v) is 15.5. The molecule has 1 saturated heterocycles. The summed E-state index contributed by atoms with van der Waals surface area (Å²) in [6.45, 7) is 1.43. The lowest BCUT2D eigenvalue weighted by Gasteiger charge is -2.29. The Balaban J connectivity index is 0.00000132. The molecule has 1 aliphatic rings. The van der Waals surface area contributed by atoms with E-state index in [0.29, 0.717) is 23.8 Å². The third kappa shape index (κ3) is 4.81. The molecule has 0 atom stereocenters. The van der Waals surface area contributed by atoms with Crippen LogP contribution in [0.3, 0.4) is 0 Å². The molecule has 0 radical (unpaired) electrons. The van der Waals surface area contributed by atoms with E-state index in [9.17, 15) is 4.79 Å². The second kappa shape index (κ2) is 8.85. The van der Waals surface area contributed by atoms with Crippen LogP contribution in [0.5, 0.6) is 0 Å². The number of thiazole rings is 1. The summed E-state index contributed by atoms with van der Waals surface area (Å²) in [6.07, 6.45) is 1.72. The number of halogens is 3. The van der Waals surface area contributed by atoms with Crippen LogP contribution in [0.15, 0.2) is 29.6 Å². The number of amides is 1. The van der Waals surface area contributed by atoms with Crippen LogP contribution in [0.1, 0.15) is 23.3 Å². The summed E-state index contributed by atoms with van der Waals surface area (Å²) in [4.78, 5) is 18.7. The van der Waals surface area contributed by atoms with E-state index in [1.54, 1.807) is 0 Å². The second-order valence-corrected chi connectivity index (χ2v) is 6.47. The molecule has 2 N–H and O–H groups in total. The van der Waals surface area contributed by atoms with Crippen LogP contribution in [0.2, 0.25) is 5.02 Å². The van der Waals surface area contributed by atoms with Crippen LogP contribution >= 0.6 is 47.8 Å². The van der Waals surface area contributed by atoms with Gasteiger partial charge in [0.05, 0.1) is 0 Å². The molecule has 0 saturated carbocycles. The lowest BCUT2D eigenvalue weighted by atomic mass is 10.1. The van der Waals surface area contributed by atoms with Crippen molar-refractivity contribution in [2.75, 3.05) is 13.1 Å². The summed E-state index contributed by atoms with van der Waals surface area (Å²) in [5, 5.41) is 3.35. The summed E-state index contributed by atoms with van der Waals surface area (Å²) in [7, 11) is 0. The fourth-order valence-electron chi connectivity index (χ4n) is 2.36. The maximum atomic E-state index is 12.4. The third-order valence-corrected chi connectivity index (χ3v) is 4.78.